The standard InChI is InChI=1S/C22H29N9/c1-25-21(13-4-5-13)14-6-7-27-19(9-14)30-20-10-15-8-17(18(11-23)31(3)24)29-22(26-2)16(15)12-28-20/h6-13,21,25H,4-5,23-24H2,1-3H3,(H,26,29)(H,27,28,30)/b18-11-. The summed E-state index contributed by atoms with van der Waals surface area (Å²) in [4.78, 5) is 13.7. The molecule has 7 N–H and O–H groups in total. The van der Waals surface area contributed by atoms with Crippen molar-refractivity contribution in [2.75, 3.05) is 31.8 Å². The lowest BCUT2D eigenvalue weighted by atomic mass is 10.0. The van der Waals surface area contributed by atoms with Gasteiger partial charge < -0.3 is 26.7 Å². The van der Waals surface area contributed by atoms with Crippen molar-refractivity contribution in [3.8, 4) is 0 Å². The average Bonchev–Trinajstić information content (AvgIpc) is 3.59. The molecule has 1 aliphatic carbocycles. The molecule has 0 aromatic carbocycles. The zero-order valence-corrected chi connectivity index (χ0v) is 18.1. The second kappa shape index (κ2) is 8.75. The van der Waals surface area contributed by atoms with Gasteiger partial charge in [0.2, 0.25) is 0 Å². The van der Waals surface area contributed by atoms with Crippen LogP contribution in [0.4, 0.5) is 17.5 Å². The Morgan fingerprint density at radius 1 is 1.19 bits per heavy atom. The van der Waals surface area contributed by atoms with E-state index >= 15 is 0 Å². The predicted octanol–water partition coefficient (Wildman–Crippen LogP) is 2.54. The van der Waals surface area contributed by atoms with E-state index in [0.29, 0.717) is 35.0 Å². The van der Waals surface area contributed by atoms with Crippen molar-refractivity contribution >= 4 is 33.9 Å². The maximum Gasteiger partial charge on any atom is 0.135 e. The van der Waals surface area contributed by atoms with E-state index in [0.717, 1.165) is 16.6 Å². The summed E-state index contributed by atoms with van der Waals surface area (Å²) in [6.07, 6.45) is 7.61. The lowest BCUT2D eigenvalue weighted by Gasteiger charge is -2.18. The highest BCUT2D eigenvalue weighted by molar-refractivity contribution is 5.94. The van der Waals surface area contributed by atoms with E-state index in [9.17, 15) is 0 Å². The highest BCUT2D eigenvalue weighted by Crippen LogP contribution is 2.41. The van der Waals surface area contributed by atoms with E-state index in [-0.39, 0.29) is 0 Å². The van der Waals surface area contributed by atoms with Crippen LogP contribution >= 0.6 is 0 Å². The minimum Gasteiger partial charge on any atom is -0.403 e. The molecule has 9 nitrogen and oxygen atoms in total. The number of nitrogens with one attached hydrogen (secondary N) is 3. The molecule has 0 saturated heterocycles. The molecule has 31 heavy (non-hydrogen) atoms. The molecule has 9 heteroatoms. The molecule has 3 aromatic rings. The minimum atomic E-state index is 0.356. The molecule has 0 spiro atoms. The molecule has 1 unspecified atom stereocenters. The van der Waals surface area contributed by atoms with Crippen LogP contribution in [-0.2, 0) is 0 Å². The summed E-state index contributed by atoms with van der Waals surface area (Å²) in [5.41, 5.74) is 8.29. The summed E-state index contributed by atoms with van der Waals surface area (Å²) in [5.74, 6) is 8.78. The topological polar surface area (TPSA) is 130 Å². The first-order valence-corrected chi connectivity index (χ1v) is 10.3. The molecule has 0 aliphatic heterocycles. The monoisotopic (exact) mass is 419 g/mol. The Hall–Kier alpha value is -3.43. The van der Waals surface area contributed by atoms with Crippen LogP contribution in [0, 0.1) is 5.92 Å². The number of anilines is 3. The summed E-state index contributed by atoms with van der Waals surface area (Å²) in [6.45, 7) is 0. The summed E-state index contributed by atoms with van der Waals surface area (Å²) in [5, 5.41) is 13.2. The highest BCUT2D eigenvalue weighted by atomic mass is 15.4. The summed E-state index contributed by atoms with van der Waals surface area (Å²) in [7, 11) is 5.56. The number of nitrogens with two attached hydrogens (primary N) is 2. The third kappa shape index (κ3) is 4.37. The quantitative estimate of drug-likeness (QED) is 0.276. The van der Waals surface area contributed by atoms with Crippen LogP contribution in [0.2, 0.25) is 0 Å². The Morgan fingerprint density at radius 2 is 1.97 bits per heavy atom. The van der Waals surface area contributed by atoms with E-state index in [1.807, 2.05) is 32.4 Å². The molecule has 0 bridgehead atoms. The first-order chi connectivity index (χ1) is 15.0. The third-order valence-electron chi connectivity index (χ3n) is 5.56. The van der Waals surface area contributed by atoms with Gasteiger partial charge in [0.1, 0.15) is 17.5 Å². The molecule has 3 heterocycles. The van der Waals surface area contributed by atoms with Gasteiger partial charge in [0, 0.05) is 44.1 Å². The number of nitrogens with zero attached hydrogens (tertiary/aromatic N) is 4. The number of pyridine rings is 3. The van der Waals surface area contributed by atoms with Crippen molar-refractivity contribution < 1.29 is 0 Å². The van der Waals surface area contributed by atoms with Gasteiger partial charge in [-0.05, 0) is 61.0 Å². The van der Waals surface area contributed by atoms with E-state index in [1.165, 1.54) is 29.6 Å². The van der Waals surface area contributed by atoms with Gasteiger partial charge in [-0.1, -0.05) is 0 Å². The van der Waals surface area contributed by atoms with Crippen molar-refractivity contribution in [3.63, 3.8) is 0 Å². The Bertz CT molecular complexity index is 1110. The molecule has 1 fully saturated rings. The van der Waals surface area contributed by atoms with Gasteiger partial charge in [0.05, 0.1) is 11.4 Å². The molecular formula is C22H29N9. The fourth-order valence-electron chi connectivity index (χ4n) is 3.87. The van der Waals surface area contributed by atoms with Gasteiger partial charge >= 0.3 is 0 Å². The molecule has 1 saturated carbocycles. The second-order valence-corrected chi connectivity index (χ2v) is 7.76. The molecule has 1 aliphatic rings. The smallest absolute Gasteiger partial charge is 0.135 e. The largest absolute Gasteiger partial charge is 0.403 e. The lowest BCUT2D eigenvalue weighted by molar-refractivity contribution is 0.508. The minimum absolute atomic E-state index is 0.356. The van der Waals surface area contributed by atoms with Crippen molar-refractivity contribution in [2.24, 2.45) is 17.5 Å². The molecule has 4 rings (SSSR count). The van der Waals surface area contributed by atoms with Crippen molar-refractivity contribution in [1.82, 2.24) is 25.3 Å². The fourth-order valence-corrected chi connectivity index (χ4v) is 3.87. The maximum atomic E-state index is 5.91. The Morgan fingerprint density at radius 3 is 2.61 bits per heavy atom. The van der Waals surface area contributed by atoms with Gasteiger partial charge in [-0.25, -0.2) is 20.8 Å². The number of hydrogen-bond donors (Lipinski definition) is 5. The fraction of sp³-hybridized carbons (Fsp3) is 0.318. The first kappa shape index (κ1) is 20.8. The molecule has 0 amide bonds. The molecule has 3 aromatic heterocycles. The van der Waals surface area contributed by atoms with E-state index < -0.39 is 0 Å². The maximum absolute atomic E-state index is 5.91. The van der Waals surface area contributed by atoms with E-state index in [4.69, 9.17) is 11.6 Å². The van der Waals surface area contributed by atoms with Crippen molar-refractivity contribution in [3.05, 3.63) is 54.1 Å². The van der Waals surface area contributed by atoms with Crippen LogP contribution in [0.15, 0.2) is 42.9 Å². The lowest BCUT2D eigenvalue weighted by Crippen LogP contribution is -2.25. The van der Waals surface area contributed by atoms with E-state index in [1.54, 1.807) is 13.2 Å². The van der Waals surface area contributed by atoms with Crippen molar-refractivity contribution in [2.45, 2.75) is 18.9 Å². The highest BCUT2D eigenvalue weighted by Gasteiger charge is 2.31. The van der Waals surface area contributed by atoms with Crippen LogP contribution in [0.25, 0.3) is 16.5 Å². The van der Waals surface area contributed by atoms with Gasteiger partial charge in [0.25, 0.3) is 0 Å². The SMILES string of the molecule is CNc1nc(/C(=C/N)N(C)N)cc2cc(Nc3cc(C(NC)C4CC4)ccn3)ncc12. The van der Waals surface area contributed by atoms with Crippen molar-refractivity contribution in [1.29, 1.82) is 0 Å². The summed E-state index contributed by atoms with van der Waals surface area (Å²) in [6, 6.07) is 8.42. The summed E-state index contributed by atoms with van der Waals surface area (Å²) >= 11 is 0. The zero-order chi connectivity index (χ0) is 22.0. The summed E-state index contributed by atoms with van der Waals surface area (Å²) < 4.78 is 0. The van der Waals surface area contributed by atoms with Crippen LogP contribution in [0.1, 0.15) is 30.1 Å². The van der Waals surface area contributed by atoms with Crippen LogP contribution in [0.3, 0.4) is 0 Å². The zero-order valence-electron chi connectivity index (χ0n) is 18.1. The number of hydrazine groups is 1. The van der Waals surface area contributed by atoms with Gasteiger partial charge in [-0.3, -0.25) is 0 Å². The first-order valence-electron chi connectivity index (χ1n) is 10.3. The normalized spacial score (nSPS) is 15.0. The van der Waals surface area contributed by atoms with E-state index in [2.05, 4.69) is 43.0 Å². The molecular weight excluding hydrogens is 390 g/mol. The van der Waals surface area contributed by atoms with Crippen LogP contribution in [-0.4, -0.2) is 41.1 Å². The van der Waals surface area contributed by atoms with Crippen LogP contribution < -0.4 is 27.5 Å². The molecule has 1 atom stereocenters. The van der Waals surface area contributed by atoms with Crippen LogP contribution in [0.5, 0.6) is 0 Å². The molecule has 0 radical (unpaired) electrons. The second-order valence-electron chi connectivity index (χ2n) is 7.76. The number of hydrogen-bond acceptors (Lipinski definition) is 9. The number of rotatable bonds is 8. The number of fused-ring (bicyclic) bond motifs is 1. The third-order valence-corrected chi connectivity index (χ3v) is 5.56. The predicted molar refractivity (Wildman–Crippen MR) is 125 cm³/mol. The number of aromatic nitrogens is 3. The average molecular weight is 420 g/mol. The molecule has 162 valence electrons. The van der Waals surface area contributed by atoms with Gasteiger partial charge in [0.15, 0.2) is 0 Å². The van der Waals surface area contributed by atoms with Gasteiger partial charge in [-0.2, -0.15) is 0 Å². The Kier molecular flexibility index (Phi) is 5.88. The Balaban J connectivity index is 1.67. The Labute approximate surface area is 181 Å². The van der Waals surface area contributed by atoms with Gasteiger partial charge in [-0.15, -0.1) is 0 Å².